The fraction of sp³-hybridized carbons (Fsp3) is 0.308. The predicted octanol–water partition coefficient (Wildman–Crippen LogP) is 2.51. The molecule has 4 nitrogen and oxygen atoms in total. The Morgan fingerprint density at radius 3 is 2.29 bits per heavy atom. The summed E-state index contributed by atoms with van der Waals surface area (Å²) in [4.78, 5) is 2.31. The van der Waals surface area contributed by atoms with Crippen LogP contribution in [0.15, 0.2) is 30.3 Å². The topological polar surface area (TPSA) is 57.9 Å². The van der Waals surface area contributed by atoms with E-state index in [2.05, 4.69) is 53.2 Å². The Morgan fingerprint density at radius 2 is 1.82 bits per heavy atom. The number of rotatable bonds is 4. The summed E-state index contributed by atoms with van der Waals surface area (Å²) in [7, 11) is 0. The molecule has 1 aromatic heterocycles. The van der Waals surface area contributed by atoms with Crippen molar-refractivity contribution in [2.75, 3.05) is 23.7 Å². The number of nitrogens with two attached hydrogens (primary N) is 1. The lowest BCUT2D eigenvalue weighted by Crippen LogP contribution is -2.21. The van der Waals surface area contributed by atoms with Crippen LogP contribution in [0.5, 0.6) is 0 Å². The highest BCUT2D eigenvalue weighted by Crippen LogP contribution is 2.22. The molecule has 0 spiro atoms. The molecule has 0 radical (unpaired) electrons. The molecule has 0 fully saturated rings. The fourth-order valence-corrected chi connectivity index (χ4v) is 1.93. The highest BCUT2D eigenvalue weighted by molar-refractivity contribution is 5.65. The van der Waals surface area contributed by atoms with Gasteiger partial charge in [0, 0.05) is 24.8 Å². The summed E-state index contributed by atoms with van der Waals surface area (Å²) in [6.07, 6.45) is 0. The molecule has 4 heteroatoms. The van der Waals surface area contributed by atoms with Gasteiger partial charge >= 0.3 is 0 Å². The van der Waals surface area contributed by atoms with Crippen molar-refractivity contribution >= 4 is 11.5 Å². The van der Waals surface area contributed by atoms with Crippen molar-refractivity contribution in [2.24, 2.45) is 0 Å². The minimum atomic E-state index is 0.521. The largest absolute Gasteiger partial charge is 0.382 e. The Hall–Kier alpha value is -1.97. The van der Waals surface area contributed by atoms with Crippen LogP contribution in [-0.4, -0.2) is 23.3 Å². The number of aromatic amines is 1. The number of hydrogen-bond donors (Lipinski definition) is 2. The van der Waals surface area contributed by atoms with Gasteiger partial charge in [0.2, 0.25) is 0 Å². The van der Waals surface area contributed by atoms with Crippen molar-refractivity contribution in [1.82, 2.24) is 10.2 Å². The van der Waals surface area contributed by atoms with E-state index in [4.69, 9.17) is 5.73 Å². The molecule has 0 aliphatic carbocycles. The van der Waals surface area contributed by atoms with Crippen LogP contribution in [0.2, 0.25) is 0 Å². The van der Waals surface area contributed by atoms with Gasteiger partial charge in [-0.3, -0.25) is 5.10 Å². The smallest absolute Gasteiger partial charge is 0.145 e. The quantitative estimate of drug-likeness (QED) is 0.848. The van der Waals surface area contributed by atoms with Crippen LogP contribution in [-0.2, 0) is 0 Å². The van der Waals surface area contributed by atoms with E-state index in [1.165, 1.54) is 5.69 Å². The summed E-state index contributed by atoms with van der Waals surface area (Å²) in [6, 6.07) is 10.3. The molecule has 0 amide bonds. The number of aromatic nitrogens is 2. The molecule has 90 valence electrons. The van der Waals surface area contributed by atoms with Gasteiger partial charge in [-0.2, -0.15) is 5.10 Å². The first-order chi connectivity index (χ1) is 8.24. The zero-order chi connectivity index (χ0) is 12.3. The Balaban J connectivity index is 2.23. The molecule has 0 atom stereocenters. The monoisotopic (exact) mass is 230 g/mol. The van der Waals surface area contributed by atoms with E-state index < -0.39 is 0 Å². The van der Waals surface area contributed by atoms with Gasteiger partial charge in [0.15, 0.2) is 0 Å². The van der Waals surface area contributed by atoms with E-state index in [0.29, 0.717) is 5.82 Å². The summed E-state index contributed by atoms with van der Waals surface area (Å²) >= 11 is 0. The van der Waals surface area contributed by atoms with Crippen molar-refractivity contribution in [1.29, 1.82) is 0 Å². The highest BCUT2D eigenvalue weighted by Gasteiger charge is 2.04. The van der Waals surface area contributed by atoms with E-state index in [1.807, 2.05) is 6.07 Å². The maximum Gasteiger partial charge on any atom is 0.145 e. The Labute approximate surface area is 101 Å². The Morgan fingerprint density at radius 1 is 1.18 bits per heavy atom. The third-order valence-electron chi connectivity index (χ3n) is 2.90. The molecule has 2 aromatic rings. The summed E-state index contributed by atoms with van der Waals surface area (Å²) in [5.74, 6) is 0.521. The zero-order valence-electron chi connectivity index (χ0n) is 10.3. The van der Waals surface area contributed by atoms with Crippen LogP contribution in [0.1, 0.15) is 13.8 Å². The molecule has 0 saturated carbocycles. The molecule has 1 aromatic carbocycles. The van der Waals surface area contributed by atoms with Crippen LogP contribution in [0.3, 0.4) is 0 Å². The van der Waals surface area contributed by atoms with Gasteiger partial charge < -0.3 is 10.6 Å². The van der Waals surface area contributed by atoms with Crippen LogP contribution >= 0.6 is 0 Å². The van der Waals surface area contributed by atoms with Crippen molar-refractivity contribution in [2.45, 2.75) is 13.8 Å². The van der Waals surface area contributed by atoms with Crippen LogP contribution in [0.4, 0.5) is 11.5 Å². The highest BCUT2D eigenvalue weighted by atomic mass is 15.2. The van der Waals surface area contributed by atoms with Crippen LogP contribution in [0.25, 0.3) is 11.3 Å². The maximum absolute atomic E-state index is 5.59. The molecule has 0 saturated heterocycles. The van der Waals surface area contributed by atoms with E-state index in [1.54, 1.807) is 0 Å². The Bertz CT molecular complexity index is 468. The summed E-state index contributed by atoms with van der Waals surface area (Å²) < 4.78 is 0. The zero-order valence-corrected chi connectivity index (χ0v) is 10.3. The summed E-state index contributed by atoms with van der Waals surface area (Å²) in [5, 5.41) is 6.84. The standard InChI is InChI=1S/C13H18N4/c1-3-17(4-2)11-7-5-10(6-8-11)12-9-13(14)16-15-12/h5-9H,3-4H2,1-2H3,(H3,14,15,16). The molecule has 0 bridgehead atoms. The van der Waals surface area contributed by atoms with Crippen molar-refractivity contribution in [3.63, 3.8) is 0 Å². The molecule has 1 heterocycles. The van der Waals surface area contributed by atoms with Gasteiger partial charge in [-0.1, -0.05) is 12.1 Å². The minimum Gasteiger partial charge on any atom is -0.382 e. The number of nitrogen functional groups attached to an aromatic ring is 1. The number of anilines is 2. The first-order valence-corrected chi connectivity index (χ1v) is 5.90. The molecule has 3 N–H and O–H groups in total. The lowest BCUT2D eigenvalue weighted by molar-refractivity contribution is 0.866. The van der Waals surface area contributed by atoms with Crippen LogP contribution in [0, 0.1) is 0 Å². The molecule has 17 heavy (non-hydrogen) atoms. The number of nitrogens with zero attached hydrogens (tertiary/aromatic N) is 2. The average Bonchev–Trinajstić information content (AvgIpc) is 2.78. The second-order valence-corrected chi connectivity index (χ2v) is 3.93. The first-order valence-electron chi connectivity index (χ1n) is 5.90. The third-order valence-corrected chi connectivity index (χ3v) is 2.90. The number of H-pyrrole nitrogens is 1. The van der Waals surface area contributed by atoms with E-state index in [0.717, 1.165) is 24.3 Å². The lowest BCUT2D eigenvalue weighted by Gasteiger charge is -2.20. The second kappa shape index (κ2) is 4.91. The molecule has 2 rings (SSSR count). The van der Waals surface area contributed by atoms with E-state index in [-0.39, 0.29) is 0 Å². The second-order valence-electron chi connectivity index (χ2n) is 3.93. The molecule has 0 unspecified atom stereocenters. The normalized spacial score (nSPS) is 10.5. The van der Waals surface area contributed by atoms with E-state index in [9.17, 15) is 0 Å². The van der Waals surface area contributed by atoms with E-state index >= 15 is 0 Å². The van der Waals surface area contributed by atoms with Gasteiger partial charge in [0.1, 0.15) is 5.82 Å². The molecule has 0 aliphatic heterocycles. The summed E-state index contributed by atoms with van der Waals surface area (Å²) in [5.41, 5.74) is 8.88. The molecular formula is C13H18N4. The van der Waals surface area contributed by atoms with Gasteiger partial charge in [0.25, 0.3) is 0 Å². The van der Waals surface area contributed by atoms with Crippen molar-refractivity contribution in [3.8, 4) is 11.3 Å². The van der Waals surface area contributed by atoms with Gasteiger partial charge in [-0.25, -0.2) is 0 Å². The fourth-order valence-electron chi connectivity index (χ4n) is 1.93. The minimum absolute atomic E-state index is 0.521. The molecular weight excluding hydrogens is 212 g/mol. The predicted molar refractivity (Wildman–Crippen MR) is 72.0 cm³/mol. The number of nitrogens with one attached hydrogen (secondary N) is 1. The Kier molecular flexibility index (Phi) is 3.32. The van der Waals surface area contributed by atoms with Crippen molar-refractivity contribution < 1.29 is 0 Å². The summed E-state index contributed by atoms with van der Waals surface area (Å²) in [6.45, 7) is 6.36. The number of benzene rings is 1. The third kappa shape index (κ3) is 2.41. The van der Waals surface area contributed by atoms with Gasteiger partial charge in [-0.05, 0) is 31.5 Å². The average molecular weight is 230 g/mol. The molecule has 0 aliphatic rings. The van der Waals surface area contributed by atoms with Crippen molar-refractivity contribution in [3.05, 3.63) is 30.3 Å². The van der Waals surface area contributed by atoms with Crippen LogP contribution < -0.4 is 10.6 Å². The maximum atomic E-state index is 5.59. The lowest BCUT2D eigenvalue weighted by atomic mass is 10.1. The van der Waals surface area contributed by atoms with Gasteiger partial charge in [0.05, 0.1) is 5.69 Å². The SMILES string of the molecule is CCN(CC)c1ccc(-c2cc(N)n[nH]2)cc1. The number of hydrogen-bond acceptors (Lipinski definition) is 3. The first kappa shape index (κ1) is 11.5. The van der Waals surface area contributed by atoms with Gasteiger partial charge in [-0.15, -0.1) is 0 Å².